The highest BCUT2D eigenvalue weighted by atomic mass is 19.4. The van der Waals surface area contributed by atoms with Crippen molar-refractivity contribution < 1.29 is 36.2 Å². The minimum Gasteiger partial charge on any atom is -0.462 e. The summed E-state index contributed by atoms with van der Waals surface area (Å²) in [5, 5.41) is 0. The number of likely N-dealkylation sites (tertiary alicyclic amines) is 1. The molecule has 2 saturated heterocycles. The van der Waals surface area contributed by atoms with Crippen molar-refractivity contribution in [1.82, 2.24) is 19.8 Å². The van der Waals surface area contributed by atoms with Gasteiger partial charge in [0.1, 0.15) is 18.5 Å². The lowest BCUT2D eigenvalue weighted by Crippen LogP contribution is -2.57. The second kappa shape index (κ2) is 12.8. The monoisotopic (exact) mass is 635 g/mol. The van der Waals surface area contributed by atoms with Gasteiger partial charge in [0, 0.05) is 43.2 Å². The number of amides is 1. The van der Waals surface area contributed by atoms with E-state index < -0.39 is 52.7 Å². The Morgan fingerprint density at radius 3 is 2.67 bits per heavy atom. The quantitative estimate of drug-likeness (QED) is 0.209. The summed E-state index contributed by atoms with van der Waals surface area (Å²) in [7, 11) is 1.98. The number of nitrogen functional groups attached to an aromatic ring is 1. The van der Waals surface area contributed by atoms with Gasteiger partial charge >= 0.3 is 12.2 Å². The maximum absolute atomic E-state index is 15.3. The number of likely N-dealkylation sites (N-methyl/N-ethyl adjacent to an activating group) is 1. The fraction of sp³-hybridized carbons (Fsp3) is 0.533. The smallest absolute Gasteiger partial charge is 0.417 e. The fourth-order valence-electron chi connectivity index (χ4n) is 6.36. The van der Waals surface area contributed by atoms with Crippen LogP contribution in [0.15, 0.2) is 18.5 Å². The van der Waals surface area contributed by atoms with Crippen molar-refractivity contribution in [2.24, 2.45) is 0 Å². The molecule has 1 amide bonds. The predicted octanol–water partition coefficient (Wildman–Crippen LogP) is 4.23. The van der Waals surface area contributed by atoms with Crippen LogP contribution in [0.3, 0.4) is 0 Å². The lowest BCUT2D eigenvalue weighted by Gasteiger charge is -2.40. The molecule has 3 atom stereocenters. The maximum Gasteiger partial charge on any atom is 0.417 e. The lowest BCUT2D eigenvalue weighted by atomic mass is 9.91. The first-order valence-corrected chi connectivity index (χ1v) is 14.5. The first-order chi connectivity index (χ1) is 21.3. The number of piperazine rings is 1. The molecule has 45 heavy (non-hydrogen) atoms. The molecule has 4 heterocycles. The van der Waals surface area contributed by atoms with E-state index in [9.17, 15) is 22.4 Å². The van der Waals surface area contributed by atoms with Crippen molar-refractivity contribution in [3.63, 3.8) is 0 Å². The maximum atomic E-state index is 15.3. The third-order valence-corrected chi connectivity index (χ3v) is 8.64. The van der Waals surface area contributed by atoms with Gasteiger partial charge in [0.25, 0.3) is 5.91 Å². The number of hydrogen-bond donors (Lipinski definition) is 1. The second-order valence-electron chi connectivity index (χ2n) is 11.6. The number of halogens is 5. The van der Waals surface area contributed by atoms with Crippen LogP contribution in [0.1, 0.15) is 46.9 Å². The van der Waals surface area contributed by atoms with Gasteiger partial charge in [-0.05, 0) is 45.0 Å². The highest BCUT2D eigenvalue weighted by molar-refractivity contribution is 5.91. The molecule has 0 bridgehead atoms. The third kappa shape index (κ3) is 6.53. The van der Waals surface area contributed by atoms with Crippen LogP contribution in [-0.4, -0.2) is 84.1 Å². The largest absolute Gasteiger partial charge is 0.462 e. The SMILES string of the molecule is [C-]#[N+]C[C@H]1CN(c2nc(OC[C@@H]3CCCN3C)nc3c2CO[C@@H](c2c(F)c(N)cc(C)c2C(F)(F)F)C3)CCN1C(=O)C(=C)F. The molecule has 1 aromatic heterocycles. The van der Waals surface area contributed by atoms with Gasteiger partial charge < -0.3 is 34.8 Å². The van der Waals surface area contributed by atoms with Crippen molar-refractivity contribution in [3.8, 4) is 6.01 Å². The fourth-order valence-corrected chi connectivity index (χ4v) is 6.36. The molecule has 0 radical (unpaired) electrons. The number of aromatic nitrogens is 2. The molecule has 0 saturated carbocycles. The number of alkyl halides is 3. The number of hydrogen-bond acceptors (Lipinski definition) is 8. The minimum atomic E-state index is -4.87. The van der Waals surface area contributed by atoms with Crippen molar-refractivity contribution in [2.75, 3.05) is 57.0 Å². The van der Waals surface area contributed by atoms with E-state index >= 15 is 4.39 Å². The van der Waals surface area contributed by atoms with E-state index in [2.05, 4.69) is 26.3 Å². The third-order valence-electron chi connectivity index (χ3n) is 8.64. The molecular weight excluding hydrogens is 601 g/mol. The van der Waals surface area contributed by atoms with Crippen LogP contribution in [-0.2, 0) is 28.7 Å². The highest BCUT2D eigenvalue weighted by Gasteiger charge is 2.42. The van der Waals surface area contributed by atoms with Gasteiger partial charge in [0.15, 0.2) is 11.6 Å². The summed E-state index contributed by atoms with van der Waals surface area (Å²) in [6.45, 7) is 12.9. The number of ether oxygens (including phenoxy) is 2. The molecular formula is C30H34F5N7O3. The Hall–Kier alpha value is -4.03. The topological polar surface area (TPSA) is 101 Å². The van der Waals surface area contributed by atoms with Crippen LogP contribution >= 0.6 is 0 Å². The van der Waals surface area contributed by atoms with Gasteiger partial charge in [-0.1, -0.05) is 6.58 Å². The van der Waals surface area contributed by atoms with Gasteiger partial charge in [-0.25, -0.2) is 15.4 Å². The number of carbonyl (C=O) groups is 1. The van der Waals surface area contributed by atoms with Gasteiger partial charge in [0.2, 0.25) is 6.54 Å². The van der Waals surface area contributed by atoms with Gasteiger partial charge in [-0.3, -0.25) is 4.79 Å². The Labute approximate surface area is 257 Å². The van der Waals surface area contributed by atoms with E-state index in [1.165, 1.54) is 11.8 Å². The molecule has 0 aliphatic carbocycles. The summed E-state index contributed by atoms with van der Waals surface area (Å²) in [5.74, 6) is -2.88. The number of rotatable bonds is 7. The summed E-state index contributed by atoms with van der Waals surface area (Å²) in [5.41, 5.74) is 4.04. The molecule has 2 N–H and O–H groups in total. The van der Waals surface area contributed by atoms with E-state index in [0.717, 1.165) is 25.5 Å². The number of nitrogens with zero attached hydrogens (tertiary/aromatic N) is 6. The van der Waals surface area contributed by atoms with Crippen LogP contribution in [0.4, 0.5) is 33.5 Å². The molecule has 1 aromatic carbocycles. The van der Waals surface area contributed by atoms with E-state index in [4.69, 9.17) is 21.8 Å². The lowest BCUT2D eigenvalue weighted by molar-refractivity contribution is -0.140. The van der Waals surface area contributed by atoms with Gasteiger partial charge in [0.05, 0.1) is 29.7 Å². The Bertz CT molecular complexity index is 1530. The van der Waals surface area contributed by atoms with Crippen LogP contribution in [0.5, 0.6) is 6.01 Å². The number of anilines is 2. The van der Waals surface area contributed by atoms with Crippen molar-refractivity contribution in [3.05, 3.63) is 63.7 Å². The Balaban J connectivity index is 1.53. The summed E-state index contributed by atoms with van der Waals surface area (Å²) in [6.07, 6.45) is -4.53. The number of nitrogens with two attached hydrogens (primary N) is 1. The van der Waals surface area contributed by atoms with Crippen LogP contribution in [0.25, 0.3) is 4.85 Å². The second-order valence-corrected chi connectivity index (χ2v) is 11.6. The Morgan fingerprint density at radius 2 is 2.02 bits per heavy atom. The summed E-state index contributed by atoms with van der Waals surface area (Å²) in [4.78, 5) is 30.2. The van der Waals surface area contributed by atoms with Gasteiger partial charge in [-0.15, -0.1) is 0 Å². The average molecular weight is 636 g/mol. The van der Waals surface area contributed by atoms with E-state index in [0.29, 0.717) is 17.1 Å². The molecule has 0 unspecified atom stereocenters. The first-order valence-electron chi connectivity index (χ1n) is 14.5. The molecule has 0 spiro atoms. The van der Waals surface area contributed by atoms with Crippen molar-refractivity contribution >= 4 is 17.4 Å². The summed E-state index contributed by atoms with van der Waals surface area (Å²) in [6, 6.07) is 0.373. The van der Waals surface area contributed by atoms with Crippen molar-refractivity contribution in [1.29, 1.82) is 0 Å². The average Bonchev–Trinajstić information content (AvgIpc) is 3.40. The zero-order chi connectivity index (χ0) is 32.6. The highest BCUT2D eigenvalue weighted by Crippen LogP contribution is 2.44. The zero-order valence-electron chi connectivity index (χ0n) is 25.0. The Morgan fingerprint density at radius 1 is 1.27 bits per heavy atom. The molecule has 3 aliphatic rings. The van der Waals surface area contributed by atoms with E-state index in [1.54, 1.807) is 4.90 Å². The number of carbonyl (C=O) groups excluding carboxylic acids is 1. The van der Waals surface area contributed by atoms with E-state index in [-0.39, 0.29) is 63.4 Å². The number of fused-ring (bicyclic) bond motifs is 1. The molecule has 3 aliphatic heterocycles. The molecule has 15 heteroatoms. The molecule has 10 nitrogen and oxygen atoms in total. The summed E-state index contributed by atoms with van der Waals surface area (Å²) >= 11 is 0. The normalized spacial score (nSPS) is 22.2. The zero-order valence-corrected chi connectivity index (χ0v) is 25.0. The molecule has 2 aromatic rings. The van der Waals surface area contributed by atoms with Crippen LogP contribution in [0, 0.1) is 19.3 Å². The first kappa shape index (κ1) is 32.4. The number of aryl methyl sites for hydroxylation is 1. The minimum absolute atomic E-state index is 0.0117. The standard InChI is InChI=1S/C30H34F5N7O3/c1-16-10-21(36)26(32)24(25(16)30(33,34)35)23-11-22-20(15-44-23)27(39-29(38-22)45-14-18-6-5-7-40(18)4)41-8-9-42(28(43)17(2)31)19(13-41)12-37-3/h10,18-19,23H,2,5-9,11-15,36H2,1,4H3/t18-,19-,23+/m0/s1. The molecule has 2 fully saturated rings. The van der Waals surface area contributed by atoms with Crippen LogP contribution in [0.2, 0.25) is 0 Å². The van der Waals surface area contributed by atoms with E-state index in [1.807, 2.05) is 7.05 Å². The van der Waals surface area contributed by atoms with Gasteiger partial charge in [-0.2, -0.15) is 23.1 Å². The molecule has 5 rings (SSSR count). The van der Waals surface area contributed by atoms with Crippen LogP contribution < -0.4 is 15.4 Å². The summed E-state index contributed by atoms with van der Waals surface area (Å²) < 4.78 is 83.5. The number of benzene rings is 1. The predicted molar refractivity (Wildman–Crippen MR) is 154 cm³/mol. The molecule has 242 valence electrons. The van der Waals surface area contributed by atoms with Crippen molar-refractivity contribution in [2.45, 2.75) is 57.2 Å². The Kier molecular flexibility index (Phi) is 9.18.